The highest BCUT2D eigenvalue weighted by Gasteiger charge is 2.53. The second-order valence-corrected chi connectivity index (χ2v) is 9.76. The van der Waals surface area contributed by atoms with Crippen LogP contribution in [0.1, 0.15) is 35.6 Å². The van der Waals surface area contributed by atoms with Gasteiger partial charge in [-0.1, -0.05) is 133 Å². The van der Waals surface area contributed by atoms with E-state index in [9.17, 15) is 4.79 Å². The van der Waals surface area contributed by atoms with Crippen molar-refractivity contribution >= 4 is 11.9 Å². The zero-order chi connectivity index (χ0) is 26.7. The van der Waals surface area contributed by atoms with Crippen LogP contribution in [0.2, 0.25) is 0 Å². The maximum Gasteiger partial charge on any atom is 0.273 e. The van der Waals surface area contributed by atoms with Gasteiger partial charge in [0, 0.05) is 0 Å². The van der Waals surface area contributed by atoms with Gasteiger partial charge in [-0.15, -0.1) is 5.10 Å². The highest BCUT2D eigenvalue weighted by Crippen LogP contribution is 2.40. The van der Waals surface area contributed by atoms with E-state index < -0.39 is 11.6 Å². The van der Waals surface area contributed by atoms with Gasteiger partial charge < -0.3 is 0 Å². The first-order chi connectivity index (χ1) is 19.2. The van der Waals surface area contributed by atoms with E-state index in [0.717, 1.165) is 28.7 Å². The first-order valence-electron chi connectivity index (χ1n) is 13.3. The van der Waals surface area contributed by atoms with Crippen LogP contribution >= 0.6 is 0 Å². The van der Waals surface area contributed by atoms with Crippen LogP contribution in [0.15, 0.2) is 121 Å². The van der Waals surface area contributed by atoms with E-state index in [1.165, 1.54) is 4.80 Å². The summed E-state index contributed by atoms with van der Waals surface area (Å²) < 4.78 is 0. The standard InChI is InChI=1S/C32H30N6O/c1-2-28-29(30(39)38(28)31-34-36-37(35-31)23-24-15-7-3-8-16-24)33-32(25-17-9-4-10-18-25,26-19-11-5-12-20-26)27-21-13-6-14-22-27/h3-22,28-29,33H,2,23H2,1H3. The monoisotopic (exact) mass is 514 g/mol. The summed E-state index contributed by atoms with van der Waals surface area (Å²) in [5, 5.41) is 16.9. The molecule has 39 heavy (non-hydrogen) atoms. The van der Waals surface area contributed by atoms with Crippen LogP contribution in [-0.4, -0.2) is 38.2 Å². The second-order valence-electron chi connectivity index (χ2n) is 9.76. The van der Waals surface area contributed by atoms with Crippen LogP contribution in [0.3, 0.4) is 0 Å². The number of rotatable bonds is 9. The van der Waals surface area contributed by atoms with Gasteiger partial charge in [-0.05, 0) is 33.9 Å². The lowest BCUT2D eigenvalue weighted by Crippen LogP contribution is -2.73. The summed E-state index contributed by atoms with van der Waals surface area (Å²) >= 11 is 0. The van der Waals surface area contributed by atoms with Crippen molar-refractivity contribution in [2.45, 2.75) is 37.5 Å². The minimum atomic E-state index is -0.734. The van der Waals surface area contributed by atoms with Gasteiger partial charge >= 0.3 is 0 Å². The summed E-state index contributed by atoms with van der Waals surface area (Å²) in [4.78, 5) is 17.0. The first kappa shape index (κ1) is 24.7. The van der Waals surface area contributed by atoms with Crippen molar-refractivity contribution in [3.05, 3.63) is 144 Å². The van der Waals surface area contributed by atoms with Crippen molar-refractivity contribution in [3.63, 3.8) is 0 Å². The molecule has 0 spiro atoms. The fourth-order valence-corrected chi connectivity index (χ4v) is 5.56. The Hall–Kier alpha value is -4.62. The topological polar surface area (TPSA) is 75.9 Å². The molecule has 6 rings (SSSR count). The number of β-lactam (4-membered cyclic amide) rings is 1. The van der Waals surface area contributed by atoms with Gasteiger partial charge in [0.15, 0.2) is 0 Å². The van der Waals surface area contributed by atoms with Gasteiger partial charge in [0.2, 0.25) is 5.91 Å². The summed E-state index contributed by atoms with van der Waals surface area (Å²) in [6.07, 6.45) is 0.741. The van der Waals surface area contributed by atoms with Crippen LogP contribution in [0, 0.1) is 0 Å². The molecule has 2 heterocycles. The quantitative estimate of drug-likeness (QED) is 0.226. The number of benzene rings is 4. The molecule has 1 aliphatic rings. The molecule has 1 aromatic heterocycles. The third-order valence-corrected chi connectivity index (χ3v) is 7.46. The molecule has 1 saturated heterocycles. The number of nitrogens with zero attached hydrogens (tertiary/aromatic N) is 5. The molecule has 0 aliphatic carbocycles. The van der Waals surface area contributed by atoms with Crippen LogP contribution in [0.25, 0.3) is 0 Å². The summed E-state index contributed by atoms with van der Waals surface area (Å²) in [5.74, 6) is 0.277. The van der Waals surface area contributed by atoms with Crippen molar-refractivity contribution in [2.24, 2.45) is 0 Å². The lowest BCUT2D eigenvalue weighted by Gasteiger charge is -2.50. The number of carbonyl (C=O) groups excluding carboxylic acids is 1. The number of anilines is 1. The number of hydrogen-bond donors (Lipinski definition) is 1. The average Bonchev–Trinajstić information content (AvgIpc) is 3.45. The number of carbonyl (C=O) groups is 1. The van der Waals surface area contributed by atoms with Gasteiger partial charge in [-0.3, -0.25) is 15.0 Å². The zero-order valence-corrected chi connectivity index (χ0v) is 21.8. The predicted molar refractivity (Wildman–Crippen MR) is 151 cm³/mol. The molecule has 194 valence electrons. The van der Waals surface area contributed by atoms with Gasteiger partial charge in [0.05, 0.1) is 18.1 Å². The Bertz CT molecular complexity index is 1430. The minimum absolute atomic E-state index is 0.0618. The van der Waals surface area contributed by atoms with Gasteiger partial charge in [-0.25, -0.2) is 0 Å². The smallest absolute Gasteiger partial charge is 0.273 e. The van der Waals surface area contributed by atoms with Crippen LogP contribution in [-0.2, 0) is 16.9 Å². The number of nitrogens with one attached hydrogen (secondary N) is 1. The Morgan fingerprint density at radius 1 is 0.744 bits per heavy atom. The summed E-state index contributed by atoms with van der Waals surface area (Å²) in [5.41, 5.74) is 3.53. The Morgan fingerprint density at radius 3 is 1.72 bits per heavy atom. The van der Waals surface area contributed by atoms with Crippen molar-refractivity contribution in [2.75, 3.05) is 4.90 Å². The molecular formula is C32H30N6O. The lowest BCUT2D eigenvalue weighted by molar-refractivity contribution is -0.128. The molecule has 4 aromatic carbocycles. The summed E-state index contributed by atoms with van der Waals surface area (Å²) in [6.45, 7) is 2.58. The maximum atomic E-state index is 13.8. The summed E-state index contributed by atoms with van der Waals surface area (Å²) in [7, 11) is 0. The van der Waals surface area contributed by atoms with E-state index >= 15 is 0 Å². The number of tetrazole rings is 1. The highest BCUT2D eigenvalue weighted by atomic mass is 16.2. The SMILES string of the molecule is CCC1C(NC(c2ccccc2)(c2ccccc2)c2ccccc2)C(=O)N1c1nnn(Cc2ccccc2)n1. The van der Waals surface area contributed by atoms with Gasteiger partial charge in [-0.2, -0.15) is 4.80 Å². The number of aromatic nitrogens is 4. The lowest BCUT2D eigenvalue weighted by atomic mass is 9.75. The Kier molecular flexibility index (Phi) is 6.73. The number of hydrogen-bond acceptors (Lipinski definition) is 5. The Morgan fingerprint density at radius 2 is 1.23 bits per heavy atom. The van der Waals surface area contributed by atoms with Crippen LogP contribution < -0.4 is 10.2 Å². The van der Waals surface area contributed by atoms with E-state index in [-0.39, 0.29) is 11.9 Å². The molecule has 7 heteroatoms. The summed E-state index contributed by atoms with van der Waals surface area (Å²) in [6, 6.07) is 40.4. The molecule has 1 fully saturated rings. The zero-order valence-electron chi connectivity index (χ0n) is 21.8. The van der Waals surface area contributed by atoms with E-state index in [4.69, 9.17) is 0 Å². The van der Waals surface area contributed by atoms with E-state index in [1.54, 1.807) is 4.90 Å². The van der Waals surface area contributed by atoms with Crippen molar-refractivity contribution < 1.29 is 4.79 Å². The molecule has 0 saturated carbocycles. The molecule has 0 radical (unpaired) electrons. The maximum absolute atomic E-state index is 13.8. The fraction of sp³-hybridized carbons (Fsp3) is 0.188. The molecule has 2 unspecified atom stereocenters. The van der Waals surface area contributed by atoms with Gasteiger partial charge in [0.25, 0.3) is 5.95 Å². The van der Waals surface area contributed by atoms with Crippen molar-refractivity contribution in [3.8, 4) is 0 Å². The fourth-order valence-electron chi connectivity index (χ4n) is 5.56. The normalized spacial score (nSPS) is 17.2. The average molecular weight is 515 g/mol. The minimum Gasteiger partial charge on any atom is -0.287 e. The Balaban J connectivity index is 1.36. The molecule has 5 aromatic rings. The third kappa shape index (κ3) is 4.51. The molecule has 0 bridgehead atoms. The van der Waals surface area contributed by atoms with Gasteiger partial charge in [0.1, 0.15) is 6.04 Å². The second kappa shape index (κ2) is 10.6. The van der Waals surface area contributed by atoms with E-state index in [1.807, 2.05) is 84.9 Å². The largest absolute Gasteiger partial charge is 0.287 e. The molecule has 1 N–H and O–H groups in total. The van der Waals surface area contributed by atoms with Crippen molar-refractivity contribution in [1.29, 1.82) is 0 Å². The third-order valence-electron chi connectivity index (χ3n) is 7.46. The van der Waals surface area contributed by atoms with Crippen molar-refractivity contribution in [1.82, 2.24) is 25.5 Å². The molecule has 2 atom stereocenters. The predicted octanol–water partition coefficient (Wildman–Crippen LogP) is 4.80. The molecular weight excluding hydrogens is 484 g/mol. The van der Waals surface area contributed by atoms with Crippen LogP contribution in [0.4, 0.5) is 5.95 Å². The molecule has 1 amide bonds. The highest BCUT2D eigenvalue weighted by molar-refractivity contribution is 6.04. The Labute approximate surface area is 228 Å². The van der Waals surface area contributed by atoms with E-state index in [2.05, 4.69) is 64.0 Å². The molecule has 7 nitrogen and oxygen atoms in total. The van der Waals surface area contributed by atoms with E-state index in [0.29, 0.717) is 12.5 Å². The molecule has 1 aliphatic heterocycles. The number of amides is 1. The first-order valence-corrected chi connectivity index (χ1v) is 13.3. The van der Waals surface area contributed by atoms with Crippen LogP contribution in [0.5, 0.6) is 0 Å².